The van der Waals surface area contributed by atoms with E-state index < -0.39 is 11.9 Å². The van der Waals surface area contributed by atoms with Gasteiger partial charge >= 0.3 is 5.97 Å². The number of benzene rings is 1. The number of ether oxygens (including phenoxy) is 1. The van der Waals surface area contributed by atoms with Crippen molar-refractivity contribution in [1.29, 1.82) is 5.26 Å². The van der Waals surface area contributed by atoms with Crippen molar-refractivity contribution in [1.82, 2.24) is 5.32 Å². The molecule has 0 radical (unpaired) electrons. The van der Waals surface area contributed by atoms with Crippen molar-refractivity contribution in [2.75, 3.05) is 7.11 Å². The number of hydrogen-bond donors (Lipinski definition) is 1. The molecule has 4 nitrogen and oxygen atoms in total. The van der Waals surface area contributed by atoms with Crippen LogP contribution in [0.3, 0.4) is 0 Å². The molecule has 0 saturated heterocycles. The third kappa shape index (κ3) is 2.76. The van der Waals surface area contributed by atoms with Gasteiger partial charge < -0.3 is 10.1 Å². The first-order valence-corrected chi connectivity index (χ1v) is 6.17. The molecule has 1 N–H and O–H groups in total. The Balaban J connectivity index is 2.25. The van der Waals surface area contributed by atoms with Gasteiger partial charge in [0.25, 0.3) is 0 Å². The quantitative estimate of drug-likeness (QED) is 0.843. The monoisotopic (exact) mass is 256 g/mol. The number of rotatable bonds is 3. The van der Waals surface area contributed by atoms with Crippen LogP contribution in [0.25, 0.3) is 6.08 Å². The Labute approximate surface area is 112 Å². The van der Waals surface area contributed by atoms with Crippen molar-refractivity contribution in [2.45, 2.75) is 19.4 Å². The third-order valence-electron chi connectivity index (χ3n) is 3.26. The highest BCUT2D eigenvalue weighted by atomic mass is 16.5. The highest BCUT2D eigenvalue weighted by molar-refractivity contribution is 5.75. The van der Waals surface area contributed by atoms with Crippen LogP contribution in [-0.2, 0) is 9.53 Å². The molecule has 98 valence electrons. The van der Waals surface area contributed by atoms with Crippen LogP contribution in [0.4, 0.5) is 0 Å². The van der Waals surface area contributed by atoms with Gasteiger partial charge in [0.15, 0.2) is 0 Å². The fourth-order valence-electron chi connectivity index (χ4n) is 2.35. The summed E-state index contributed by atoms with van der Waals surface area (Å²) in [5, 5.41) is 12.4. The molecule has 0 spiro atoms. The van der Waals surface area contributed by atoms with Gasteiger partial charge in [-0.3, -0.25) is 4.79 Å². The van der Waals surface area contributed by atoms with E-state index in [1.807, 2.05) is 37.3 Å². The van der Waals surface area contributed by atoms with Gasteiger partial charge in [-0.1, -0.05) is 24.3 Å². The molecular weight excluding hydrogens is 240 g/mol. The summed E-state index contributed by atoms with van der Waals surface area (Å²) in [5.41, 5.74) is 3.27. The van der Waals surface area contributed by atoms with Gasteiger partial charge in [0.05, 0.1) is 19.2 Å². The predicted molar refractivity (Wildman–Crippen MR) is 71.7 cm³/mol. The van der Waals surface area contributed by atoms with Crippen LogP contribution < -0.4 is 5.32 Å². The van der Waals surface area contributed by atoms with E-state index in [1.54, 1.807) is 0 Å². The average molecular weight is 256 g/mol. The Morgan fingerprint density at radius 1 is 1.53 bits per heavy atom. The molecule has 1 aromatic carbocycles. The van der Waals surface area contributed by atoms with Crippen LogP contribution >= 0.6 is 0 Å². The van der Waals surface area contributed by atoms with Gasteiger partial charge in [-0.15, -0.1) is 0 Å². The maximum Gasteiger partial charge on any atom is 0.323 e. The minimum Gasteiger partial charge on any atom is -0.468 e. The van der Waals surface area contributed by atoms with Crippen molar-refractivity contribution in [2.24, 2.45) is 5.92 Å². The first kappa shape index (κ1) is 13.2. The lowest BCUT2D eigenvalue weighted by molar-refractivity contribution is -0.143. The molecule has 0 aromatic heterocycles. The van der Waals surface area contributed by atoms with Crippen LogP contribution in [0.2, 0.25) is 0 Å². The Hall–Kier alpha value is -2.28. The van der Waals surface area contributed by atoms with E-state index in [4.69, 9.17) is 5.26 Å². The number of nitrogens with one attached hydrogen (secondary N) is 1. The molecule has 19 heavy (non-hydrogen) atoms. The van der Waals surface area contributed by atoms with E-state index in [2.05, 4.69) is 16.1 Å². The highest BCUT2D eigenvalue weighted by Gasteiger charge is 2.27. The third-order valence-corrected chi connectivity index (χ3v) is 3.26. The van der Waals surface area contributed by atoms with E-state index in [1.165, 1.54) is 7.11 Å². The Morgan fingerprint density at radius 3 is 2.95 bits per heavy atom. The van der Waals surface area contributed by atoms with Gasteiger partial charge in [-0.25, -0.2) is 0 Å². The van der Waals surface area contributed by atoms with Crippen LogP contribution in [0, 0.1) is 17.2 Å². The minimum atomic E-state index is -0.749. The van der Waals surface area contributed by atoms with Crippen molar-refractivity contribution in [3.8, 4) is 6.07 Å². The molecule has 1 heterocycles. The van der Waals surface area contributed by atoms with Crippen molar-refractivity contribution >= 4 is 12.0 Å². The predicted octanol–water partition coefficient (Wildman–Crippen LogP) is 2.39. The summed E-state index contributed by atoms with van der Waals surface area (Å²) < 4.78 is 4.66. The molecule has 2 atom stereocenters. The summed E-state index contributed by atoms with van der Waals surface area (Å²) >= 11 is 0. The summed E-state index contributed by atoms with van der Waals surface area (Å²) in [6, 6.07) is 9.96. The Bertz CT molecular complexity index is 558. The molecule has 1 aliphatic rings. The number of hydrogen-bond acceptors (Lipinski definition) is 4. The standard InChI is InChI=1S/C15H16N2O2/c1-10-7-11-5-3-4-6-13(11)14(17-10)8-12(9-16)15(18)19-2/h3-7,12,14,17H,8H2,1-2H3. The number of carbonyl (C=O) groups is 1. The van der Waals surface area contributed by atoms with Gasteiger partial charge in [-0.05, 0) is 30.5 Å². The molecule has 0 aliphatic carbocycles. The fourth-order valence-corrected chi connectivity index (χ4v) is 2.35. The number of methoxy groups -OCH3 is 1. The molecule has 0 amide bonds. The second kappa shape index (κ2) is 5.57. The Kier molecular flexibility index (Phi) is 3.86. The summed E-state index contributed by atoms with van der Waals surface area (Å²) in [6.07, 6.45) is 2.47. The number of nitriles is 1. The van der Waals surface area contributed by atoms with Gasteiger partial charge in [0.1, 0.15) is 5.92 Å². The van der Waals surface area contributed by atoms with Gasteiger partial charge in [0, 0.05) is 5.70 Å². The molecule has 0 fully saturated rings. The summed E-state index contributed by atoms with van der Waals surface area (Å²) in [7, 11) is 1.31. The van der Waals surface area contributed by atoms with E-state index in [0.717, 1.165) is 16.8 Å². The number of fused-ring (bicyclic) bond motifs is 1. The van der Waals surface area contributed by atoms with E-state index >= 15 is 0 Å². The lowest BCUT2D eigenvalue weighted by atomic mass is 9.89. The molecule has 0 saturated carbocycles. The maximum absolute atomic E-state index is 11.5. The Morgan fingerprint density at radius 2 is 2.26 bits per heavy atom. The molecule has 0 bridgehead atoms. The van der Waals surface area contributed by atoms with Crippen LogP contribution in [0.5, 0.6) is 0 Å². The van der Waals surface area contributed by atoms with Crippen molar-refractivity contribution in [3.05, 3.63) is 41.1 Å². The smallest absolute Gasteiger partial charge is 0.323 e. The summed E-state index contributed by atoms with van der Waals surface area (Å²) in [4.78, 5) is 11.5. The topological polar surface area (TPSA) is 62.1 Å². The number of carbonyl (C=O) groups excluding carboxylic acids is 1. The number of esters is 1. The largest absolute Gasteiger partial charge is 0.468 e. The van der Waals surface area contributed by atoms with E-state index in [9.17, 15) is 4.79 Å². The number of nitrogens with zero attached hydrogens (tertiary/aromatic N) is 1. The lowest BCUT2D eigenvalue weighted by Crippen LogP contribution is -2.28. The molecule has 2 rings (SSSR count). The van der Waals surface area contributed by atoms with E-state index in [-0.39, 0.29) is 6.04 Å². The molecular formula is C15H16N2O2. The molecule has 1 aliphatic heterocycles. The molecule has 2 unspecified atom stereocenters. The van der Waals surface area contributed by atoms with Crippen molar-refractivity contribution < 1.29 is 9.53 Å². The van der Waals surface area contributed by atoms with Crippen LogP contribution in [0.15, 0.2) is 30.0 Å². The normalized spacial score (nSPS) is 18.4. The SMILES string of the molecule is COC(=O)C(C#N)CC1NC(C)=Cc2ccccc21. The fraction of sp³-hybridized carbons (Fsp3) is 0.333. The van der Waals surface area contributed by atoms with E-state index in [0.29, 0.717) is 6.42 Å². The summed E-state index contributed by atoms with van der Waals surface area (Å²) in [5.74, 6) is -1.23. The first-order chi connectivity index (χ1) is 9.15. The summed E-state index contributed by atoms with van der Waals surface area (Å²) in [6.45, 7) is 1.97. The lowest BCUT2D eigenvalue weighted by Gasteiger charge is -2.27. The zero-order valence-corrected chi connectivity index (χ0v) is 11.0. The second-order valence-electron chi connectivity index (χ2n) is 4.59. The molecule has 1 aromatic rings. The highest BCUT2D eigenvalue weighted by Crippen LogP contribution is 2.30. The first-order valence-electron chi connectivity index (χ1n) is 6.17. The van der Waals surface area contributed by atoms with Gasteiger partial charge in [0.2, 0.25) is 0 Å². The second-order valence-corrected chi connectivity index (χ2v) is 4.59. The molecule has 4 heteroatoms. The average Bonchev–Trinajstić information content (AvgIpc) is 2.43. The van der Waals surface area contributed by atoms with Crippen LogP contribution in [0.1, 0.15) is 30.5 Å². The van der Waals surface area contributed by atoms with Crippen molar-refractivity contribution in [3.63, 3.8) is 0 Å². The zero-order chi connectivity index (χ0) is 13.8. The zero-order valence-electron chi connectivity index (χ0n) is 11.0. The maximum atomic E-state index is 11.5. The number of allylic oxidation sites excluding steroid dienone is 1. The van der Waals surface area contributed by atoms with Crippen LogP contribution in [-0.4, -0.2) is 13.1 Å². The minimum absolute atomic E-state index is 0.0371. The van der Waals surface area contributed by atoms with Gasteiger partial charge in [-0.2, -0.15) is 5.26 Å².